The fraction of sp³-hybridized carbons (Fsp3) is 0.286. The summed E-state index contributed by atoms with van der Waals surface area (Å²) in [5, 5.41) is 3.97. The summed E-state index contributed by atoms with van der Waals surface area (Å²) in [7, 11) is 0. The van der Waals surface area contributed by atoms with E-state index in [1.807, 2.05) is 24.3 Å². The van der Waals surface area contributed by atoms with E-state index in [9.17, 15) is 0 Å². The van der Waals surface area contributed by atoms with Crippen LogP contribution in [0, 0.1) is 0 Å². The number of thioether (sulfide) groups is 1. The smallest absolute Gasteiger partial charge is 0.187 e. The molecule has 2 rings (SSSR count). The van der Waals surface area contributed by atoms with Crippen LogP contribution in [0.3, 0.4) is 0 Å². The van der Waals surface area contributed by atoms with Crippen LogP contribution in [0.25, 0.3) is 0 Å². The van der Waals surface area contributed by atoms with Crippen molar-refractivity contribution in [3.05, 3.63) is 53.3 Å². The number of halogens is 1. The molecular formula is C14H17ClN3S+. The first kappa shape index (κ1) is 14.3. The van der Waals surface area contributed by atoms with Crippen LogP contribution in [-0.2, 0) is 6.54 Å². The van der Waals surface area contributed by atoms with Crippen LogP contribution in [0.2, 0.25) is 5.02 Å². The van der Waals surface area contributed by atoms with Crippen molar-refractivity contribution in [3.8, 4) is 0 Å². The van der Waals surface area contributed by atoms with Crippen LogP contribution in [0.4, 0.5) is 0 Å². The number of hydrogen-bond acceptors (Lipinski definition) is 3. The molecule has 0 radical (unpaired) electrons. The van der Waals surface area contributed by atoms with E-state index in [-0.39, 0.29) is 0 Å². The molecule has 0 atom stereocenters. The van der Waals surface area contributed by atoms with Gasteiger partial charge in [-0.25, -0.2) is 9.97 Å². The van der Waals surface area contributed by atoms with E-state index in [1.54, 1.807) is 24.2 Å². The molecule has 0 amide bonds. The van der Waals surface area contributed by atoms with Gasteiger partial charge in [-0.1, -0.05) is 35.5 Å². The Bertz CT molecular complexity index is 493. The number of aromatic nitrogens is 2. The zero-order valence-electron chi connectivity index (χ0n) is 10.6. The maximum absolute atomic E-state index is 5.94. The molecule has 0 unspecified atom stereocenters. The highest BCUT2D eigenvalue weighted by molar-refractivity contribution is 7.99. The molecule has 0 aliphatic rings. The first-order valence-electron chi connectivity index (χ1n) is 6.30. The van der Waals surface area contributed by atoms with Crippen molar-refractivity contribution in [2.75, 3.05) is 12.3 Å². The highest BCUT2D eigenvalue weighted by Crippen LogP contribution is 2.11. The van der Waals surface area contributed by atoms with Crippen molar-refractivity contribution in [1.82, 2.24) is 9.97 Å². The van der Waals surface area contributed by atoms with Crippen molar-refractivity contribution in [2.24, 2.45) is 0 Å². The third-order valence-electron chi connectivity index (χ3n) is 2.59. The Morgan fingerprint density at radius 2 is 2.00 bits per heavy atom. The number of nitrogens with two attached hydrogens (primary N) is 1. The minimum Gasteiger partial charge on any atom is -0.342 e. The molecule has 0 fully saturated rings. The molecule has 0 bridgehead atoms. The largest absolute Gasteiger partial charge is 0.342 e. The molecule has 19 heavy (non-hydrogen) atoms. The van der Waals surface area contributed by atoms with Crippen LogP contribution < -0.4 is 5.32 Å². The molecule has 2 N–H and O–H groups in total. The van der Waals surface area contributed by atoms with E-state index in [2.05, 4.69) is 21.4 Å². The van der Waals surface area contributed by atoms with Gasteiger partial charge in [-0.3, -0.25) is 0 Å². The second-order valence-corrected chi connectivity index (χ2v) is 5.64. The molecule has 0 saturated heterocycles. The minimum atomic E-state index is 0.808. The van der Waals surface area contributed by atoms with Crippen LogP contribution in [0.1, 0.15) is 12.0 Å². The second kappa shape index (κ2) is 8.15. The van der Waals surface area contributed by atoms with Crippen molar-refractivity contribution < 1.29 is 5.32 Å². The predicted molar refractivity (Wildman–Crippen MR) is 79.3 cm³/mol. The van der Waals surface area contributed by atoms with Crippen LogP contribution in [-0.4, -0.2) is 22.3 Å². The molecule has 5 heteroatoms. The molecule has 1 heterocycles. The zero-order valence-corrected chi connectivity index (χ0v) is 12.2. The van der Waals surface area contributed by atoms with Crippen LogP contribution >= 0.6 is 23.4 Å². The molecule has 1 aromatic heterocycles. The number of rotatable bonds is 7. The number of quaternary nitrogens is 1. The lowest BCUT2D eigenvalue weighted by molar-refractivity contribution is -0.670. The Morgan fingerprint density at radius 3 is 2.79 bits per heavy atom. The molecule has 0 aliphatic heterocycles. The average Bonchev–Trinajstić information content (AvgIpc) is 2.44. The molecule has 2 aromatic rings. The highest BCUT2D eigenvalue weighted by atomic mass is 35.5. The topological polar surface area (TPSA) is 42.4 Å². The third-order valence-corrected chi connectivity index (χ3v) is 3.79. The van der Waals surface area contributed by atoms with Gasteiger partial charge in [-0.15, -0.1) is 0 Å². The van der Waals surface area contributed by atoms with Gasteiger partial charge in [0.1, 0.15) is 6.54 Å². The molecule has 1 aromatic carbocycles. The average molecular weight is 295 g/mol. The Hall–Kier alpha value is -1.10. The van der Waals surface area contributed by atoms with E-state index in [0.29, 0.717) is 0 Å². The van der Waals surface area contributed by atoms with Gasteiger partial charge < -0.3 is 5.32 Å². The number of nitrogens with zero attached hydrogens (tertiary/aromatic N) is 2. The number of benzene rings is 1. The van der Waals surface area contributed by atoms with Crippen molar-refractivity contribution in [3.63, 3.8) is 0 Å². The SMILES string of the molecule is Clc1cccc(C[NH2+]CCCSc2ncccn2)c1. The summed E-state index contributed by atoms with van der Waals surface area (Å²) in [6.45, 7) is 2.08. The van der Waals surface area contributed by atoms with E-state index in [1.165, 1.54) is 5.56 Å². The van der Waals surface area contributed by atoms with Gasteiger partial charge in [-0.05, 0) is 18.2 Å². The van der Waals surface area contributed by atoms with Gasteiger partial charge in [0.15, 0.2) is 5.16 Å². The molecule has 3 nitrogen and oxygen atoms in total. The van der Waals surface area contributed by atoms with E-state index < -0.39 is 0 Å². The van der Waals surface area contributed by atoms with Crippen molar-refractivity contribution in [1.29, 1.82) is 0 Å². The standard InChI is InChI=1S/C14H16ClN3S/c15-13-5-1-4-12(10-13)11-16-6-3-9-19-14-17-7-2-8-18-14/h1-2,4-5,7-8,10,16H,3,6,9,11H2/p+1. The second-order valence-electron chi connectivity index (χ2n) is 4.14. The summed E-state index contributed by atoms with van der Waals surface area (Å²) in [5.74, 6) is 1.05. The van der Waals surface area contributed by atoms with Crippen molar-refractivity contribution in [2.45, 2.75) is 18.1 Å². The first-order chi connectivity index (χ1) is 9.34. The Labute approximate surface area is 122 Å². The van der Waals surface area contributed by atoms with Gasteiger partial charge in [0.25, 0.3) is 0 Å². The molecule has 0 aliphatic carbocycles. The lowest BCUT2D eigenvalue weighted by atomic mass is 10.2. The van der Waals surface area contributed by atoms with E-state index in [0.717, 1.165) is 35.4 Å². The summed E-state index contributed by atoms with van der Waals surface area (Å²) in [5.41, 5.74) is 1.27. The summed E-state index contributed by atoms with van der Waals surface area (Å²) < 4.78 is 0. The minimum absolute atomic E-state index is 0.808. The Balaban J connectivity index is 1.58. The fourth-order valence-corrected chi connectivity index (χ4v) is 2.66. The highest BCUT2D eigenvalue weighted by Gasteiger charge is 1.99. The first-order valence-corrected chi connectivity index (χ1v) is 7.67. The predicted octanol–water partition coefficient (Wildman–Crippen LogP) is 2.38. The normalized spacial score (nSPS) is 10.6. The Kier molecular flexibility index (Phi) is 6.14. The molecule has 0 saturated carbocycles. The van der Waals surface area contributed by atoms with Crippen molar-refractivity contribution >= 4 is 23.4 Å². The van der Waals surface area contributed by atoms with Gasteiger partial charge in [0.05, 0.1) is 6.54 Å². The van der Waals surface area contributed by atoms with E-state index in [4.69, 9.17) is 11.6 Å². The fourth-order valence-electron chi connectivity index (χ4n) is 1.68. The van der Waals surface area contributed by atoms with Crippen LogP contribution in [0.15, 0.2) is 47.9 Å². The maximum atomic E-state index is 5.94. The van der Waals surface area contributed by atoms with Gasteiger partial charge in [0, 0.05) is 35.2 Å². The van der Waals surface area contributed by atoms with Gasteiger partial charge >= 0.3 is 0 Å². The lowest BCUT2D eigenvalue weighted by Crippen LogP contribution is -2.82. The quantitative estimate of drug-likeness (QED) is 0.484. The van der Waals surface area contributed by atoms with Gasteiger partial charge in [0.2, 0.25) is 0 Å². The summed E-state index contributed by atoms with van der Waals surface area (Å²) in [6.07, 6.45) is 4.70. The third kappa shape index (κ3) is 5.59. The summed E-state index contributed by atoms with van der Waals surface area (Å²) >= 11 is 7.65. The van der Waals surface area contributed by atoms with Gasteiger partial charge in [-0.2, -0.15) is 0 Å². The summed E-state index contributed by atoms with van der Waals surface area (Å²) in [6, 6.07) is 9.86. The molecule has 0 spiro atoms. The van der Waals surface area contributed by atoms with Crippen LogP contribution in [0.5, 0.6) is 0 Å². The molecular weight excluding hydrogens is 278 g/mol. The number of hydrogen-bond donors (Lipinski definition) is 1. The lowest BCUT2D eigenvalue weighted by Gasteiger charge is -2.02. The van der Waals surface area contributed by atoms with E-state index >= 15 is 0 Å². The summed E-state index contributed by atoms with van der Waals surface area (Å²) in [4.78, 5) is 8.36. The maximum Gasteiger partial charge on any atom is 0.187 e. The molecule has 100 valence electrons. The zero-order chi connectivity index (χ0) is 13.3. The monoisotopic (exact) mass is 294 g/mol. The Morgan fingerprint density at radius 1 is 1.16 bits per heavy atom.